The molecule has 0 bridgehead atoms. The molecule has 1 fully saturated rings. The molecule has 11 nitrogen and oxygen atoms in total. The maximum Gasteiger partial charge on any atom is 0.303 e. The van der Waals surface area contributed by atoms with E-state index in [2.05, 4.69) is 10.3 Å². The molecule has 0 aliphatic carbocycles. The Kier molecular flexibility index (Phi) is 6.12. The van der Waals surface area contributed by atoms with E-state index in [1.165, 1.54) is 6.92 Å². The summed E-state index contributed by atoms with van der Waals surface area (Å²) < 4.78 is 22.0. The lowest BCUT2D eigenvalue weighted by molar-refractivity contribution is -0.166. The molecule has 0 spiro atoms. The smallest absolute Gasteiger partial charge is 0.303 e. The van der Waals surface area contributed by atoms with Crippen LogP contribution >= 0.6 is 11.6 Å². The fraction of sp³-hybridized carbons (Fsp3) is 0.571. The molecule has 0 N–H and O–H groups in total. The summed E-state index contributed by atoms with van der Waals surface area (Å²) in [7, 11) is 0. The van der Waals surface area contributed by atoms with E-state index in [9.17, 15) is 19.6 Å². The second-order valence-corrected chi connectivity index (χ2v) is 5.66. The molecule has 1 aromatic heterocycles. The number of esters is 3. The molecule has 1 aliphatic heterocycles. The largest absolute Gasteiger partial charge is 0.463 e. The Morgan fingerprint density at radius 2 is 1.81 bits per heavy atom. The molecule has 2 heterocycles. The molecule has 0 unspecified atom stereocenters. The molecule has 0 aromatic carbocycles. The van der Waals surface area contributed by atoms with Gasteiger partial charge in [0.25, 0.3) is 0 Å². The van der Waals surface area contributed by atoms with E-state index < -0.39 is 42.4 Å². The average molecular weight is 387 g/mol. The van der Waals surface area contributed by atoms with Gasteiger partial charge in [-0.15, -0.1) is 5.10 Å². The van der Waals surface area contributed by atoms with Crippen LogP contribution in [0.25, 0.3) is 0 Å². The summed E-state index contributed by atoms with van der Waals surface area (Å²) in [6, 6.07) is 1.81. The van der Waals surface area contributed by atoms with Crippen LogP contribution in [0.15, 0.2) is 0 Å². The molecule has 2 rings (SSSR count). The number of hydrogen-bond donors (Lipinski definition) is 0. The van der Waals surface area contributed by atoms with Gasteiger partial charge in [-0.25, -0.2) is 4.68 Å². The SMILES string of the molecule is CC(=O)OC[C@H]1O[C@@H](n2nnc(Cl)c2C#N)[C@H](OC(C)=O)[C@@H]1OC(C)=O. The Hall–Kier alpha value is -2.71. The van der Waals surface area contributed by atoms with Crippen molar-refractivity contribution in [2.75, 3.05) is 6.61 Å². The van der Waals surface area contributed by atoms with E-state index in [1.54, 1.807) is 0 Å². The highest BCUT2D eigenvalue weighted by Crippen LogP contribution is 2.35. The fourth-order valence-corrected chi connectivity index (χ4v) is 2.60. The van der Waals surface area contributed by atoms with Crippen LogP contribution in [0.1, 0.15) is 32.7 Å². The van der Waals surface area contributed by atoms with Gasteiger partial charge in [0.05, 0.1) is 0 Å². The third kappa shape index (κ3) is 4.27. The van der Waals surface area contributed by atoms with E-state index in [0.29, 0.717) is 0 Å². The molecule has 1 aliphatic rings. The number of carbonyl (C=O) groups is 3. The second-order valence-electron chi connectivity index (χ2n) is 5.30. The van der Waals surface area contributed by atoms with Crippen molar-refractivity contribution in [3.05, 3.63) is 10.8 Å². The van der Waals surface area contributed by atoms with E-state index in [0.717, 1.165) is 18.5 Å². The Labute approximate surface area is 152 Å². The minimum Gasteiger partial charge on any atom is -0.463 e. The zero-order valence-electron chi connectivity index (χ0n) is 14.0. The van der Waals surface area contributed by atoms with Crippen LogP contribution in [0.3, 0.4) is 0 Å². The van der Waals surface area contributed by atoms with Gasteiger partial charge >= 0.3 is 17.9 Å². The maximum atomic E-state index is 11.5. The van der Waals surface area contributed by atoms with Crippen LogP contribution in [0, 0.1) is 11.3 Å². The minimum atomic E-state index is -1.17. The predicted molar refractivity (Wildman–Crippen MR) is 81.4 cm³/mol. The lowest BCUT2D eigenvalue weighted by atomic mass is 10.1. The third-order valence-electron chi connectivity index (χ3n) is 3.34. The highest BCUT2D eigenvalue weighted by molar-refractivity contribution is 6.30. The number of nitriles is 1. The van der Waals surface area contributed by atoms with Crippen molar-refractivity contribution in [1.82, 2.24) is 15.0 Å². The van der Waals surface area contributed by atoms with Crippen molar-refractivity contribution in [3.63, 3.8) is 0 Å². The minimum absolute atomic E-state index is 0.136. The van der Waals surface area contributed by atoms with Crippen molar-refractivity contribution in [1.29, 1.82) is 5.26 Å². The Morgan fingerprint density at radius 1 is 1.19 bits per heavy atom. The number of rotatable bonds is 5. The molecular weight excluding hydrogens is 372 g/mol. The first kappa shape index (κ1) is 19.6. The topological polar surface area (TPSA) is 143 Å². The number of hydrogen-bond acceptors (Lipinski definition) is 10. The first-order valence-electron chi connectivity index (χ1n) is 7.38. The number of carbonyl (C=O) groups excluding carboxylic acids is 3. The van der Waals surface area contributed by atoms with Crippen LogP contribution in [-0.4, -0.2) is 57.8 Å². The molecule has 0 radical (unpaired) electrons. The quantitative estimate of drug-likeness (QED) is 0.505. The summed E-state index contributed by atoms with van der Waals surface area (Å²) >= 11 is 5.80. The summed E-state index contributed by atoms with van der Waals surface area (Å²) in [5.41, 5.74) is -0.136. The van der Waals surface area contributed by atoms with Gasteiger partial charge in [-0.2, -0.15) is 5.26 Å². The molecule has 140 valence electrons. The molecule has 4 atom stereocenters. The molecule has 1 aromatic rings. The molecule has 26 heavy (non-hydrogen) atoms. The molecule has 0 saturated carbocycles. The van der Waals surface area contributed by atoms with Crippen molar-refractivity contribution >= 4 is 29.5 Å². The van der Waals surface area contributed by atoms with Gasteiger partial charge in [-0.3, -0.25) is 14.4 Å². The van der Waals surface area contributed by atoms with Crippen LogP contribution < -0.4 is 0 Å². The van der Waals surface area contributed by atoms with E-state index in [1.807, 2.05) is 6.07 Å². The van der Waals surface area contributed by atoms with Crippen LogP contribution in [-0.2, 0) is 33.3 Å². The van der Waals surface area contributed by atoms with Gasteiger partial charge in [0, 0.05) is 20.8 Å². The van der Waals surface area contributed by atoms with Gasteiger partial charge in [-0.1, -0.05) is 16.8 Å². The Balaban J connectivity index is 2.41. The predicted octanol–water partition coefficient (Wildman–Crippen LogP) is 0.127. The zero-order valence-corrected chi connectivity index (χ0v) is 14.8. The fourth-order valence-electron chi connectivity index (χ4n) is 2.44. The highest BCUT2D eigenvalue weighted by atomic mass is 35.5. The van der Waals surface area contributed by atoms with Crippen molar-refractivity contribution in [3.8, 4) is 6.07 Å². The number of halogens is 1. The standard InChI is InChI=1S/C14H15ClN4O7/c1-6(20)23-5-10-11(24-7(2)21)12(25-8(3)22)14(26-10)19-9(4-16)13(15)17-18-19/h10-12,14H,5H2,1-3H3/t10-,11-,12-,14-/m1/s1. The van der Waals surface area contributed by atoms with Crippen molar-refractivity contribution < 1.29 is 33.3 Å². The van der Waals surface area contributed by atoms with Crippen LogP contribution in [0.4, 0.5) is 0 Å². The van der Waals surface area contributed by atoms with Gasteiger partial charge in [0.15, 0.2) is 29.3 Å². The van der Waals surface area contributed by atoms with E-state index in [4.69, 9.17) is 30.5 Å². The zero-order chi connectivity index (χ0) is 19.4. The van der Waals surface area contributed by atoms with Gasteiger partial charge < -0.3 is 18.9 Å². The van der Waals surface area contributed by atoms with E-state index in [-0.39, 0.29) is 17.5 Å². The summed E-state index contributed by atoms with van der Waals surface area (Å²) in [5, 5.41) is 16.3. The van der Waals surface area contributed by atoms with Crippen molar-refractivity contribution in [2.24, 2.45) is 0 Å². The highest BCUT2D eigenvalue weighted by Gasteiger charge is 2.51. The number of ether oxygens (including phenoxy) is 4. The average Bonchev–Trinajstić information content (AvgIpc) is 3.05. The van der Waals surface area contributed by atoms with Crippen LogP contribution in [0.5, 0.6) is 0 Å². The normalized spacial score (nSPS) is 24.6. The first-order valence-corrected chi connectivity index (χ1v) is 7.76. The molecular formula is C14H15ClN4O7. The second kappa shape index (κ2) is 8.11. The maximum absolute atomic E-state index is 11.5. The third-order valence-corrected chi connectivity index (χ3v) is 3.60. The van der Waals surface area contributed by atoms with Gasteiger partial charge in [-0.05, 0) is 0 Å². The Morgan fingerprint density at radius 3 is 2.35 bits per heavy atom. The lowest BCUT2D eigenvalue weighted by Gasteiger charge is -2.23. The summed E-state index contributed by atoms with van der Waals surface area (Å²) in [6.07, 6.45) is -4.40. The van der Waals surface area contributed by atoms with Gasteiger partial charge in [0.2, 0.25) is 0 Å². The van der Waals surface area contributed by atoms with Crippen LogP contribution in [0.2, 0.25) is 5.15 Å². The van der Waals surface area contributed by atoms with Gasteiger partial charge in [0.1, 0.15) is 18.8 Å². The summed E-state index contributed by atoms with van der Waals surface area (Å²) in [6.45, 7) is 3.24. The Bertz CT molecular complexity index is 759. The lowest BCUT2D eigenvalue weighted by Crippen LogP contribution is -2.40. The first-order chi connectivity index (χ1) is 12.2. The summed E-state index contributed by atoms with van der Waals surface area (Å²) in [4.78, 5) is 34.0. The molecule has 12 heteroatoms. The van der Waals surface area contributed by atoms with Crippen molar-refractivity contribution in [2.45, 2.75) is 45.3 Å². The van der Waals surface area contributed by atoms with E-state index >= 15 is 0 Å². The number of nitrogens with zero attached hydrogens (tertiary/aromatic N) is 4. The molecule has 0 amide bonds. The number of aromatic nitrogens is 3. The monoisotopic (exact) mass is 386 g/mol. The summed E-state index contributed by atoms with van der Waals surface area (Å²) in [5.74, 6) is -1.93. The molecule has 1 saturated heterocycles.